The predicted octanol–water partition coefficient (Wildman–Crippen LogP) is 4.28. The van der Waals surface area contributed by atoms with Crippen molar-refractivity contribution in [2.24, 2.45) is 5.41 Å². The summed E-state index contributed by atoms with van der Waals surface area (Å²) in [6.07, 6.45) is -1.02. The highest BCUT2D eigenvalue weighted by atomic mass is 19.1. The maximum atomic E-state index is 13.8. The minimum absolute atomic E-state index is 0.320. The monoisotopic (exact) mass is 432 g/mol. The molecule has 3 aromatic rings. The molecule has 0 saturated carbocycles. The van der Waals surface area contributed by atoms with Crippen LogP contribution in [0, 0.1) is 11.2 Å². The van der Waals surface area contributed by atoms with Gasteiger partial charge in [0.15, 0.2) is 6.10 Å². The number of para-hydroxylation sites is 1. The lowest BCUT2D eigenvalue weighted by molar-refractivity contribution is -0.128. The number of anilines is 2. The number of hydrogen-bond donors (Lipinski definition) is 0. The summed E-state index contributed by atoms with van der Waals surface area (Å²) in [6.45, 7) is 1.75. The fourth-order valence-corrected chi connectivity index (χ4v) is 4.55. The molecule has 0 N–H and O–H groups in total. The number of hydrogen-bond acceptors (Lipinski definition) is 5. The van der Waals surface area contributed by atoms with Crippen LogP contribution in [0.25, 0.3) is 0 Å². The number of carbonyl (C=O) groups excluding carboxylic acids is 2. The molecule has 0 spiro atoms. The van der Waals surface area contributed by atoms with Crippen molar-refractivity contribution in [1.82, 2.24) is 0 Å². The van der Waals surface area contributed by atoms with Crippen LogP contribution in [0.5, 0.6) is 5.75 Å². The summed E-state index contributed by atoms with van der Waals surface area (Å²) >= 11 is 0. The summed E-state index contributed by atoms with van der Waals surface area (Å²) in [5, 5.41) is 1.64. The van der Waals surface area contributed by atoms with E-state index in [0.717, 1.165) is 16.2 Å². The predicted molar refractivity (Wildman–Crippen MR) is 117 cm³/mol. The van der Waals surface area contributed by atoms with Gasteiger partial charge >= 0.3 is 0 Å². The van der Waals surface area contributed by atoms with E-state index >= 15 is 0 Å². The van der Waals surface area contributed by atoms with E-state index in [-0.39, 0.29) is 0 Å². The first-order valence-electron chi connectivity index (χ1n) is 10.2. The van der Waals surface area contributed by atoms with Crippen molar-refractivity contribution in [1.29, 1.82) is 0 Å². The van der Waals surface area contributed by atoms with E-state index in [1.54, 1.807) is 19.1 Å². The van der Waals surface area contributed by atoms with Crippen molar-refractivity contribution in [2.45, 2.75) is 19.1 Å². The standard InChI is InChI=1S/C25H21FN2O4/c1-25-21(16-8-14-20(31-2)15-9-16)28(19-6-4-3-5-7-19)32-22(25)23(29)27(24(25)30)18-12-10-17(26)11-13-18/h3-15,21-22H,1-2H3/t21-,22+,25+/m0/s1. The number of carbonyl (C=O) groups is 2. The maximum Gasteiger partial charge on any atom is 0.266 e. The smallest absolute Gasteiger partial charge is 0.266 e. The molecule has 0 aliphatic carbocycles. The first-order valence-corrected chi connectivity index (χ1v) is 10.2. The highest BCUT2D eigenvalue weighted by molar-refractivity contribution is 6.25. The zero-order chi connectivity index (χ0) is 22.5. The van der Waals surface area contributed by atoms with Gasteiger partial charge in [-0.25, -0.2) is 14.4 Å². The third kappa shape index (κ3) is 2.89. The molecule has 5 rings (SSSR count). The lowest BCUT2D eigenvalue weighted by atomic mass is 9.76. The summed E-state index contributed by atoms with van der Waals surface area (Å²) in [5.41, 5.74) is 0.663. The average molecular weight is 432 g/mol. The van der Waals surface area contributed by atoms with Gasteiger partial charge in [0.25, 0.3) is 5.91 Å². The summed E-state index contributed by atoms with van der Waals surface area (Å²) in [7, 11) is 1.58. The van der Waals surface area contributed by atoms with Crippen LogP contribution >= 0.6 is 0 Å². The van der Waals surface area contributed by atoms with Gasteiger partial charge in [-0.1, -0.05) is 30.3 Å². The molecule has 6 nitrogen and oxygen atoms in total. The second-order valence-electron chi connectivity index (χ2n) is 8.06. The second kappa shape index (κ2) is 7.46. The van der Waals surface area contributed by atoms with Crippen LogP contribution in [0.3, 0.4) is 0 Å². The highest BCUT2D eigenvalue weighted by Crippen LogP contribution is 2.55. The molecule has 0 aromatic heterocycles. The Morgan fingerprint density at radius 2 is 1.56 bits per heavy atom. The van der Waals surface area contributed by atoms with Gasteiger partial charge in [-0.15, -0.1) is 0 Å². The van der Waals surface area contributed by atoms with E-state index in [0.29, 0.717) is 11.4 Å². The van der Waals surface area contributed by atoms with Crippen molar-refractivity contribution in [3.05, 3.63) is 90.2 Å². The molecule has 0 radical (unpaired) electrons. The van der Waals surface area contributed by atoms with Gasteiger partial charge in [-0.3, -0.25) is 14.4 Å². The van der Waals surface area contributed by atoms with Crippen LogP contribution < -0.4 is 14.7 Å². The molecule has 32 heavy (non-hydrogen) atoms. The SMILES string of the molecule is COc1ccc([C@@H]2N(c3ccccc3)O[C@@H]3C(=O)N(c4ccc(F)cc4)C(=O)[C@@]32C)cc1. The van der Waals surface area contributed by atoms with Gasteiger partial charge in [-0.05, 0) is 61.0 Å². The first kappa shape index (κ1) is 20.2. The van der Waals surface area contributed by atoms with Crippen molar-refractivity contribution in [3.63, 3.8) is 0 Å². The largest absolute Gasteiger partial charge is 0.497 e. The molecular weight excluding hydrogens is 411 g/mol. The van der Waals surface area contributed by atoms with Crippen LogP contribution in [0.1, 0.15) is 18.5 Å². The van der Waals surface area contributed by atoms with Crippen LogP contribution in [-0.2, 0) is 14.4 Å². The Kier molecular flexibility index (Phi) is 4.71. The summed E-state index contributed by atoms with van der Waals surface area (Å²) < 4.78 is 18.7. The first-order chi connectivity index (χ1) is 15.4. The average Bonchev–Trinajstić information content (AvgIpc) is 3.23. The minimum Gasteiger partial charge on any atom is -0.497 e. The number of ether oxygens (including phenoxy) is 1. The van der Waals surface area contributed by atoms with Crippen LogP contribution in [0.15, 0.2) is 78.9 Å². The third-order valence-corrected chi connectivity index (χ3v) is 6.20. The number of halogens is 1. The van der Waals surface area contributed by atoms with E-state index < -0.39 is 35.2 Å². The van der Waals surface area contributed by atoms with Crippen molar-refractivity contribution < 1.29 is 23.6 Å². The van der Waals surface area contributed by atoms with E-state index in [9.17, 15) is 14.0 Å². The Hall–Kier alpha value is -3.71. The lowest BCUT2D eigenvalue weighted by Gasteiger charge is -2.32. The van der Waals surface area contributed by atoms with Crippen molar-refractivity contribution in [2.75, 3.05) is 17.1 Å². The van der Waals surface area contributed by atoms with E-state index in [1.807, 2.05) is 54.6 Å². The normalized spacial score (nSPS) is 24.7. The molecule has 2 saturated heterocycles. The Morgan fingerprint density at radius 1 is 0.906 bits per heavy atom. The van der Waals surface area contributed by atoms with Gasteiger partial charge in [0.1, 0.15) is 17.0 Å². The number of fused-ring (bicyclic) bond motifs is 1. The number of hydroxylamine groups is 1. The van der Waals surface area contributed by atoms with Gasteiger partial charge in [0, 0.05) is 0 Å². The minimum atomic E-state index is -1.20. The number of imide groups is 1. The Bertz CT molecular complexity index is 1170. The summed E-state index contributed by atoms with van der Waals surface area (Å²) in [4.78, 5) is 34.4. The second-order valence-corrected chi connectivity index (χ2v) is 8.06. The number of methoxy groups -OCH3 is 1. The Morgan fingerprint density at radius 3 is 2.19 bits per heavy atom. The van der Waals surface area contributed by atoms with Gasteiger partial charge in [-0.2, -0.15) is 0 Å². The summed E-state index contributed by atoms with van der Waals surface area (Å²) in [5.74, 6) is -0.622. The molecular formula is C25H21FN2O4. The number of nitrogens with zero attached hydrogens (tertiary/aromatic N) is 2. The van der Waals surface area contributed by atoms with E-state index in [1.165, 1.54) is 24.3 Å². The number of rotatable bonds is 4. The van der Waals surface area contributed by atoms with E-state index in [4.69, 9.17) is 9.57 Å². The van der Waals surface area contributed by atoms with Crippen LogP contribution in [0.4, 0.5) is 15.8 Å². The number of benzene rings is 3. The molecule has 0 unspecified atom stereocenters. The van der Waals surface area contributed by atoms with Gasteiger partial charge < -0.3 is 4.74 Å². The molecule has 162 valence electrons. The Balaban J connectivity index is 1.62. The van der Waals surface area contributed by atoms with Crippen LogP contribution in [-0.4, -0.2) is 25.0 Å². The highest BCUT2D eigenvalue weighted by Gasteiger charge is 2.68. The molecule has 3 aromatic carbocycles. The third-order valence-electron chi connectivity index (χ3n) is 6.20. The zero-order valence-corrected chi connectivity index (χ0v) is 17.6. The van der Waals surface area contributed by atoms with Crippen LogP contribution in [0.2, 0.25) is 0 Å². The van der Waals surface area contributed by atoms with Gasteiger partial charge in [0.2, 0.25) is 5.91 Å². The number of amides is 2. The molecule has 2 amide bonds. The molecule has 2 aliphatic heterocycles. The molecule has 2 heterocycles. The fraction of sp³-hybridized carbons (Fsp3) is 0.200. The Labute approximate surface area is 184 Å². The lowest BCUT2D eigenvalue weighted by Crippen LogP contribution is -2.41. The van der Waals surface area contributed by atoms with Gasteiger partial charge in [0.05, 0.1) is 24.5 Å². The topological polar surface area (TPSA) is 59.1 Å². The zero-order valence-electron chi connectivity index (χ0n) is 17.6. The molecule has 3 atom stereocenters. The van der Waals surface area contributed by atoms with E-state index in [2.05, 4.69) is 0 Å². The quantitative estimate of drug-likeness (QED) is 0.576. The van der Waals surface area contributed by atoms with Crippen molar-refractivity contribution >= 4 is 23.2 Å². The van der Waals surface area contributed by atoms with Crippen molar-refractivity contribution in [3.8, 4) is 5.75 Å². The maximum absolute atomic E-state index is 13.8. The molecule has 7 heteroatoms. The molecule has 2 fully saturated rings. The fourth-order valence-electron chi connectivity index (χ4n) is 4.55. The molecule has 0 bridgehead atoms. The molecule has 2 aliphatic rings. The summed E-state index contributed by atoms with van der Waals surface area (Å²) in [6, 6.07) is 21.5.